The van der Waals surface area contributed by atoms with E-state index in [0.717, 1.165) is 5.56 Å². The van der Waals surface area contributed by atoms with Gasteiger partial charge in [0.2, 0.25) is 0 Å². The van der Waals surface area contributed by atoms with E-state index < -0.39 is 5.54 Å². The lowest BCUT2D eigenvalue weighted by Crippen LogP contribution is -2.42. The number of rotatable bonds is 9. The Morgan fingerprint density at radius 2 is 1.89 bits per heavy atom. The van der Waals surface area contributed by atoms with Gasteiger partial charge in [0.25, 0.3) is 0 Å². The van der Waals surface area contributed by atoms with E-state index >= 15 is 0 Å². The Hall–Kier alpha value is -1.53. The lowest BCUT2D eigenvalue weighted by atomic mass is 10.1. The van der Waals surface area contributed by atoms with Crippen LogP contribution >= 0.6 is 24.0 Å². The summed E-state index contributed by atoms with van der Waals surface area (Å²) in [7, 11) is 0. The molecule has 0 atom stereocenters. The third kappa shape index (κ3) is 6.85. The van der Waals surface area contributed by atoms with Crippen molar-refractivity contribution in [2.45, 2.75) is 39.5 Å². The van der Waals surface area contributed by atoms with Gasteiger partial charge in [-0.05, 0) is 44.5 Å². The average Bonchev–Trinajstić information content (AvgIpc) is 2.61. The third-order valence-corrected chi connectivity index (χ3v) is 4.15. The number of nitrogens with one attached hydrogen (secondary N) is 1. The number of benzene rings is 2. The summed E-state index contributed by atoms with van der Waals surface area (Å²) in [4.78, 5) is 0. The molecular weight excluding hydrogens is 392 g/mol. The van der Waals surface area contributed by atoms with Crippen molar-refractivity contribution in [3.05, 3.63) is 58.4 Å². The van der Waals surface area contributed by atoms with E-state index in [9.17, 15) is 9.50 Å². The van der Waals surface area contributed by atoms with E-state index in [0.29, 0.717) is 35.2 Å². The van der Waals surface area contributed by atoms with Crippen LogP contribution in [0.4, 0.5) is 4.39 Å². The normalized spacial score (nSPS) is 11.0. The van der Waals surface area contributed by atoms with Crippen molar-refractivity contribution in [1.82, 2.24) is 5.32 Å². The van der Waals surface area contributed by atoms with Crippen LogP contribution in [0.3, 0.4) is 0 Å². The molecule has 2 rings (SSSR count). The second-order valence-electron chi connectivity index (χ2n) is 6.61. The van der Waals surface area contributed by atoms with Crippen LogP contribution in [0.5, 0.6) is 11.5 Å². The second-order valence-corrected chi connectivity index (χ2v) is 7.02. The highest BCUT2D eigenvalue weighted by Gasteiger charge is 2.17. The average molecular weight is 418 g/mol. The number of hydrogen-bond donors (Lipinski definition) is 2. The monoisotopic (exact) mass is 417 g/mol. The predicted molar refractivity (Wildman–Crippen MR) is 109 cm³/mol. The molecular formula is C20H26Cl2FNO3. The summed E-state index contributed by atoms with van der Waals surface area (Å²) in [5, 5.41) is 13.0. The Morgan fingerprint density at radius 3 is 2.52 bits per heavy atom. The fourth-order valence-electron chi connectivity index (χ4n) is 2.29. The molecule has 0 aromatic heterocycles. The number of hydrogen-bond acceptors (Lipinski definition) is 4. The molecule has 0 unspecified atom stereocenters. The van der Waals surface area contributed by atoms with Crippen molar-refractivity contribution in [3.63, 3.8) is 0 Å². The van der Waals surface area contributed by atoms with Crippen LogP contribution in [0.2, 0.25) is 5.02 Å². The minimum absolute atomic E-state index is 0. The number of ether oxygens (including phenoxy) is 2. The first-order valence-electron chi connectivity index (χ1n) is 8.53. The fraction of sp³-hybridized carbons (Fsp3) is 0.400. The van der Waals surface area contributed by atoms with Gasteiger partial charge in [-0.2, -0.15) is 0 Å². The maximum atomic E-state index is 13.8. The molecule has 0 spiro atoms. The number of halogens is 3. The summed E-state index contributed by atoms with van der Waals surface area (Å²) in [5.74, 6) is 0.575. The van der Waals surface area contributed by atoms with E-state index in [2.05, 4.69) is 5.32 Å². The molecule has 27 heavy (non-hydrogen) atoms. The Labute approximate surface area is 171 Å². The molecule has 4 nitrogen and oxygen atoms in total. The van der Waals surface area contributed by atoms with Gasteiger partial charge in [0.05, 0.1) is 18.2 Å². The molecule has 0 aliphatic rings. The summed E-state index contributed by atoms with van der Waals surface area (Å²) in [6.07, 6.45) is 0. The fourth-order valence-corrected chi connectivity index (χ4v) is 2.58. The summed E-state index contributed by atoms with van der Waals surface area (Å²) in [5.41, 5.74) is 0.942. The van der Waals surface area contributed by atoms with Gasteiger partial charge in [-0.1, -0.05) is 29.8 Å². The van der Waals surface area contributed by atoms with Gasteiger partial charge < -0.3 is 19.9 Å². The standard InChI is InChI=1S/C20H25ClFNO3.ClH/c1-4-25-18-10-14(11-23-20(2,3)13-24)9-16(21)19(18)26-12-15-7-5-6-8-17(15)22;/h5-10,23-24H,4,11-13H2,1-3H3;1H. The summed E-state index contributed by atoms with van der Waals surface area (Å²) < 4.78 is 25.2. The topological polar surface area (TPSA) is 50.7 Å². The highest BCUT2D eigenvalue weighted by molar-refractivity contribution is 6.32. The molecule has 0 saturated heterocycles. The first kappa shape index (κ1) is 23.5. The second kappa shape index (κ2) is 10.7. The van der Waals surface area contributed by atoms with E-state index in [-0.39, 0.29) is 31.4 Å². The first-order chi connectivity index (χ1) is 12.4. The molecule has 0 aliphatic carbocycles. The van der Waals surface area contributed by atoms with Crippen LogP contribution in [0.15, 0.2) is 36.4 Å². The minimum atomic E-state index is -0.405. The van der Waals surface area contributed by atoms with Crippen LogP contribution in [0.25, 0.3) is 0 Å². The summed E-state index contributed by atoms with van der Waals surface area (Å²) in [6, 6.07) is 10.1. The zero-order chi connectivity index (χ0) is 19.2. The Balaban J connectivity index is 0.00000364. The lowest BCUT2D eigenvalue weighted by molar-refractivity contribution is 0.187. The van der Waals surface area contributed by atoms with Crippen molar-refractivity contribution < 1.29 is 19.0 Å². The SMILES string of the molecule is CCOc1cc(CNC(C)(C)CO)cc(Cl)c1OCc1ccccc1F.Cl. The molecule has 0 amide bonds. The zero-order valence-corrected chi connectivity index (χ0v) is 17.3. The first-order valence-corrected chi connectivity index (χ1v) is 8.91. The van der Waals surface area contributed by atoms with E-state index in [1.54, 1.807) is 24.3 Å². The van der Waals surface area contributed by atoms with Crippen LogP contribution in [-0.4, -0.2) is 23.9 Å². The summed E-state index contributed by atoms with van der Waals surface area (Å²) >= 11 is 6.38. The van der Waals surface area contributed by atoms with Crippen molar-refractivity contribution in [2.24, 2.45) is 0 Å². The van der Waals surface area contributed by atoms with Crippen molar-refractivity contribution >= 4 is 24.0 Å². The van der Waals surface area contributed by atoms with Crippen molar-refractivity contribution in [3.8, 4) is 11.5 Å². The molecule has 2 N–H and O–H groups in total. The van der Waals surface area contributed by atoms with Gasteiger partial charge in [-0.15, -0.1) is 12.4 Å². The molecule has 0 saturated carbocycles. The van der Waals surface area contributed by atoms with Gasteiger partial charge in [0.15, 0.2) is 11.5 Å². The Kier molecular flexibility index (Phi) is 9.33. The quantitative estimate of drug-likeness (QED) is 0.618. The molecule has 0 bridgehead atoms. The van der Waals surface area contributed by atoms with Gasteiger partial charge in [-0.25, -0.2) is 4.39 Å². The van der Waals surface area contributed by atoms with Gasteiger partial charge in [-0.3, -0.25) is 0 Å². The molecule has 7 heteroatoms. The minimum Gasteiger partial charge on any atom is -0.490 e. The maximum absolute atomic E-state index is 13.8. The van der Waals surface area contributed by atoms with Gasteiger partial charge in [0.1, 0.15) is 12.4 Å². The molecule has 0 radical (unpaired) electrons. The van der Waals surface area contributed by atoms with Crippen LogP contribution in [0.1, 0.15) is 31.9 Å². The van der Waals surface area contributed by atoms with E-state index in [1.807, 2.05) is 26.8 Å². The maximum Gasteiger partial charge on any atom is 0.180 e. The summed E-state index contributed by atoms with van der Waals surface area (Å²) in [6.45, 7) is 6.72. The smallest absolute Gasteiger partial charge is 0.180 e. The van der Waals surface area contributed by atoms with Crippen LogP contribution in [-0.2, 0) is 13.2 Å². The van der Waals surface area contributed by atoms with Gasteiger partial charge >= 0.3 is 0 Å². The third-order valence-electron chi connectivity index (χ3n) is 3.87. The van der Waals surface area contributed by atoms with Crippen LogP contribution in [0, 0.1) is 5.82 Å². The molecule has 0 aliphatic heterocycles. The van der Waals surface area contributed by atoms with Crippen molar-refractivity contribution in [2.75, 3.05) is 13.2 Å². The van der Waals surface area contributed by atoms with Gasteiger partial charge in [0, 0.05) is 17.6 Å². The highest BCUT2D eigenvalue weighted by Crippen LogP contribution is 2.37. The van der Waals surface area contributed by atoms with Crippen molar-refractivity contribution in [1.29, 1.82) is 0 Å². The molecule has 0 fully saturated rings. The molecule has 2 aromatic rings. The molecule has 2 aromatic carbocycles. The van der Waals surface area contributed by atoms with E-state index in [4.69, 9.17) is 21.1 Å². The van der Waals surface area contributed by atoms with Crippen LogP contribution < -0.4 is 14.8 Å². The Morgan fingerprint density at radius 1 is 1.19 bits per heavy atom. The largest absolute Gasteiger partial charge is 0.490 e. The molecule has 150 valence electrons. The number of aliphatic hydroxyl groups is 1. The number of aliphatic hydroxyl groups excluding tert-OH is 1. The predicted octanol–water partition coefficient (Wildman–Crippen LogP) is 4.74. The highest BCUT2D eigenvalue weighted by atomic mass is 35.5. The van der Waals surface area contributed by atoms with E-state index in [1.165, 1.54) is 6.07 Å². The zero-order valence-electron chi connectivity index (χ0n) is 15.7. The lowest BCUT2D eigenvalue weighted by Gasteiger charge is -2.24. The Bertz CT molecular complexity index is 741. The molecule has 0 heterocycles.